The van der Waals surface area contributed by atoms with Gasteiger partial charge in [0.2, 0.25) is 0 Å². The number of thioether (sulfide) groups is 1. The smallest absolute Gasteiger partial charge is 0.0638 e. The van der Waals surface area contributed by atoms with Crippen molar-refractivity contribution < 1.29 is 4.74 Å². The van der Waals surface area contributed by atoms with Crippen LogP contribution in [-0.2, 0) is 4.74 Å². The zero-order valence-electron chi connectivity index (χ0n) is 8.22. The first-order valence-corrected chi connectivity index (χ1v) is 5.53. The van der Waals surface area contributed by atoms with Gasteiger partial charge in [-0.05, 0) is 31.6 Å². The van der Waals surface area contributed by atoms with Crippen LogP contribution in [0.3, 0.4) is 0 Å². The summed E-state index contributed by atoms with van der Waals surface area (Å²) >= 11 is 2.02. The Bertz CT molecular complexity index is 127. The first-order valence-electron chi connectivity index (χ1n) is 4.54. The Balaban J connectivity index is 2.29. The Kier molecular flexibility index (Phi) is 3.87. The number of ether oxygens (including phenoxy) is 1. The average molecular weight is 189 g/mol. The first-order chi connectivity index (χ1) is 5.66. The van der Waals surface area contributed by atoms with Crippen molar-refractivity contribution in [2.24, 2.45) is 5.92 Å². The molecule has 12 heavy (non-hydrogen) atoms. The van der Waals surface area contributed by atoms with Crippen molar-refractivity contribution in [1.82, 2.24) is 5.32 Å². The fraction of sp³-hybridized carbons (Fsp3) is 1.00. The molecule has 1 N–H and O–H groups in total. The third kappa shape index (κ3) is 2.96. The summed E-state index contributed by atoms with van der Waals surface area (Å²) in [5.74, 6) is 2.08. The van der Waals surface area contributed by atoms with Crippen LogP contribution in [0.4, 0.5) is 0 Å². The zero-order valence-corrected chi connectivity index (χ0v) is 9.04. The molecule has 1 saturated heterocycles. The highest BCUT2D eigenvalue weighted by Crippen LogP contribution is 2.31. The number of hydrogen-bond acceptors (Lipinski definition) is 3. The maximum atomic E-state index is 5.08. The Morgan fingerprint density at radius 1 is 1.67 bits per heavy atom. The standard InChI is InChI=1S/C9H19NOS/c1-8-6-10-9(2,12-7-8)4-5-11-3/h8,10H,4-7H2,1-3H3. The van der Waals surface area contributed by atoms with Gasteiger partial charge in [0.25, 0.3) is 0 Å². The van der Waals surface area contributed by atoms with E-state index in [0.29, 0.717) is 0 Å². The van der Waals surface area contributed by atoms with E-state index in [-0.39, 0.29) is 4.87 Å². The van der Waals surface area contributed by atoms with Gasteiger partial charge in [-0.1, -0.05) is 6.92 Å². The predicted octanol–water partition coefficient (Wildman–Crippen LogP) is 1.71. The van der Waals surface area contributed by atoms with E-state index in [2.05, 4.69) is 19.2 Å². The number of nitrogens with one attached hydrogen (secondary N) is 1. The van der Waals surface area contributed by atoms with E-state index in [9.17, 15) is 0 Å². The Hall–Kier alpha value is 0.270. The van der Waals surface area contributed by atoms with Crippen LogP contribution in [0.2, 0.25) is 0 Å². The summed E-state index contributed by atoms with van der Waals surface area (Å²) in [5.41, 5.74) is 0. The lowest BCUT2D eigenvalue weighted by atomic mass is 10.1. The summed E-state index contributed by atoms with van der Waals surface area (Å²) in [6.07, 6.45) is 1.10. The molecule has 1 fully saturated rings. The second kappa shape index (κ2) is 4.49. The molecule has 0 amide bonds. The van der Waals surface area contributed by atoms with Gasteiger partial charge in [-0.3, -0.25) is 0 Å². The molecule has 2 nitrogen and oxygen atoms in total. The third-order valence-corrected chi connectivity index (χ3v) is 4.02. The van der Waals surface area contributed by atoms with Gasteiger partial charge in [0.1, 0.15) is 0 Å². The molecule has 0 aromatic heterocycles. The van der Waals surface area contributed by atoms with Crippen LogP contribution in [-0.4, -0.2) is 30.9 Å². The highest BCUT2D eigenvalue weighted by molar-refractivity contribution is 8.00. The second-order valence-electron chi connectivity index (χ2n) is 3.77. The highest BCUT2D eigenvalue weighted by atomic mass is 32.2. The highest BCUT2D eigenvalue weighted by Gasteiger charge is 2.28. The summed E-state index contributed by atoms with van der Waals surface area (Å²) in [4.78, 5) is 0.252. The van der Waals surface area contributed by atoms with E-state index in [1.54, 1.807) is 7.11 Å². The lowest BCUT2D eigenvalue weighted by molar-refractivity contribution is 0.178. The molecule has 72 valence electrons. The molecule has 0 aromatic rings. The molecular formula is C9H19NOS. The molecule has 0 spiro atoms. The van der Waals surface area contributed by atoms with E-state index in [1.807, 2.05) is 11.8 Å². The molecule has 1 rings (SSSR count). The fourth-order valence-corrected chi connectivity index (χ4v) is 2.47. The summed E-state index contributed by atoms with van der Waals surface area (Å²) < 4.78 is 5.08. The number of rotatable bonds is 3. The normalized spacial score (nSPS) is 36.8. The van der Waals surface area contributed by atoms with Gasteiger partial charge >= 0.3 is 0 Å². The van der Waals surface area contributed by atoms with Crippen molar-refractivity contribution in [2.75, 3.05) is 26.0 Å². The minimum absolute atomic E-state index is 0.252. The molecular weight excluding hydrogens is 170 g/mol. The van der Waals surface area contributed by atoms with Crippen molar-refractivity contribution in [1.29, 1.82) is 0 Å². The van der Waals surface area contributed by atoms with Crippen LogP contribution in [0, 0.1) is 5.92 Å². The predicted molar refractivity (Wildman–Crippen MR) is 54.5 cm³/mol. The Morgan fingerprint density at radius 2 is 2.42 bits per heavy atom. The van der Waals surface area contributed by atoms with Gasteiger partial charge in [-0.25, -0.2) is 0 Å². The van der Waals surface area contributed by atoms with Gasteiger partial charge in [0, 0.05) is 13.7 Å². The van der Waals surface area contributed by atoms with E-state index >= 15 is 0 Å². The van der Waals surface area contributed by atoms with Gasteiger partial charge in [-0.2, -0.15) is 0 Å². The Morgan fingerprint density at radius 3 is 2.92 bits per heavy atom. The quantitative estimate of drug-likeness (QED) is 0.730. The maximum absolute atomic E-state index is 5.08. The fourth-order valence-electron chi connectivity index (χ4n) is 1.28. The minimum atomic E-state index is 0.252. The molecule has 0 radical (unpaired) electrons. The summed E-state index contributed by atoms with van der Waals surface area (Å²) in [7, 11) is 1.76. The first kappa shape index (κ1) is 10.4. The van der Waals surface area contributed by atoms with E-state index in [1.165, 1.54) is 5.75 Å². The molecule has 1 aliphatic rings. The lowest BCUT2D eigenvalue weighted by Crippen LogP contribution is -2.47. The average Bonchev–Trinajstić information content (AvgIpc) is 2.08. The molecule has 2 unspecified atom stereocenters. The largest absolute Gasteiger partial charge is 0.385 e. The van der Waals surface area contributed by atoms with Crippen molar-refractivity contribution >= 4 is 11.8 Å². The summed E-state index contributed by atoms with van der Waals surface area (Å²) in [6, 6.07) is 0. The summed E-state index contributed by atoms with van der Waals surface area (Å²) in [5, 5.41) is 3.56. The van der Waals surface area contributed by atoms with Gasteiger partial charge < -0.3 is 10.1 Å². The SMILES string of the molecule is COCCC1(C)NCC(C)CS1. The molecule has 0 saturated carbocycles. The van der Waals surface area contributed by atoms with Crippen molar-refractivity contribution in [3.8, 4) is 0 Å². The van der Waals surface area contributed by atoms with Crippen LogP contribution >= 0.6 is 11.8 Å². The second-order valence-corrected chi connectivity index (χ2v) is 5.29. The Labute approximate surface area is 79.4 Å². The summed E-state index contributed by atoms with van der Waals surface area (Å²) in [6.45, 7) is 6.55. The number of methoxy groups -OCH3 is 1. The molecule has 1 aliphatic heterocycles. The molecule has 3 heteroatoms. The molecule has 2 atom stereocenters. The van der Waals surface area contributed by atoms with Crippen molar-refractivity contribution in [3.05, 3.63) is 0 Å². The number of hydrogen-bond donors (Lipinski definition) is 1. The van der Waals surface area contributed by atoms with Gasteiger partial charge in [0.05, 0.1) is 4.87 Å². The van der Waals surface area contributed by atoms with E-state index in [4.69, 9.17) is 4.74 Å². The van der Waals surface area contributed by atoms with Crippen molar-refractivity contribution in [3.63, 3.8) is 0 Å². The third-order valence-electron chi connectivity index (χ3n) is 2.29. The topological polar surface area (TPSA) is 21.3 Å². The molecule has 0 bridgehead atoms. The maximum Gasteiger partial charge on any atom is 0.0638 e. The molecule has 0 aromatic carbocycles. The van der Waals surface area contributed by atoms with Crippen LogP contribution < -0.4 is 5.32 Å². The zero-order chi connectivity index (χ0) is 9.03. The van der Waals surface area contributed by atoms with Crippen LogP contribution in [0.5, 0.6) is 0 Å². The van der Waals surface area contributed by atoms with Crippen LogP contribution in [0.25, 0.3) is 0 Å². The minimum Gasteiger partial charge on any atom is -0.385 e. The van der Waals surface area contributed by atoms with Crippen LogP contribution in [0.1, 0.15) is 20.3 Å². The monoisotopic (exact) mass is 189 g/mol. The van der Waals surface area contributed by atoms with Crippen molar-refractivity contribution in [2.45, 2.75) is 25.1 Å². The van der Waals surface area contributed by atoms with Gasteiger partial charge in [-0.15, -0.1) is 11.8 Å². The molecule has 0 aliphatic carbocycles. The van der Waals surface area contributed by atoms with E-state index in [0.717, 1.165) is 25.5 Å². The van der Waals surface area contributed by atoms with Crippen LogP contribution in [0.15, 0.2) is 0 Å². The van der Waals surface area contributed by atoms with Gasteiger partial charge in [0.15, 0.2) is 0 Å². The van der Waals surface area contributed by atoms with E-state index < -0.39 is 0 Å². The lowest BCUT2D eigenvalue weighted by Gasteiger charge is -2.37. The molecule has 1 heterocycles.